The highest BCUT2D eigenvalue weighted by molar-refractivity contribution is 5.77. The number of aryl methyl sites for hydroxylation is 1. The molecule has 1 aromatic carbocycles. The Hall–Kier alpha value is -1.88. The number of para-hydroxylation sites is 2. The summed E-state index contributed by atoms with van der Waals surface area (Å²) in [6.45, 7) is 0.973. The number of hydrogen-bond acceptors (Lipinski definition) is 3. The molecular weight excluding hydrogens is 254 g/mol. The molecule has 5 heteroatoms. The quantitative estimate of drug-likeness (QED) is 0.866. The molecule has 0 bridgehead atoms. The molecule has 1 aliphatic rings. The summed E-state index contributed by atoms with van der Waals surface area (Å²) in [5, 5.41) is 12.7. The highest BCUT2D eigenvalue weighted by atomic mass is 16.3. The summed E-state index contributed by atoms with van der Waals surface area (Å²) in [5.41, 5.74) is 1.33. The lowest BCUT2D eigenvalue weighted by Gasteiger charge is -2.36. The third kappa shape index (κ3) is 2.67. The predicted octanol–water partition coefficient (Wildman–Crippen LogP) is 1.46. The lowest BCUT2D eigenvalue weighted by Crippen LogP contribution is -2.47. The van der Waals surface area contributed by atoms with Crippen molar-refractivity contribution in [1.82, 2.24) is 14.9 Å². The van der Waals surface area contributed by atoms with Crippen molar-refractivity contribution in [2.75, 3.05) is 6.54 Å². The lowest BCUT2D eigenvalue weighted by atomic mass is 9.80. The van der Waals surface area contributed by atoms with Gasteiger partial charge in [-0.15, -0.1) is 0 Å². The van der Waals surface area contributed by atoms with Gasteiger partial charge in [-0.05, 0) is 31.4 Å². The van der Waals surface area contributed by atoms with E-state index < -0.39 is 5.60 Å². The van der Waals surface area contributed by atoms with E-state index in [1.807, 2.05) is 28.8 Å². The van der Waals surface area contributed by atoms with Crippen LogP contribution in [0.5, 0.6) is 0 Å². The van der Waals surface area contributed by atoms with Crippen LogP contribution >= 0.6 is 0 Å². The fraction of sp³-hybridized carbons (Fsp3) is 0.467. The molecule has 5 nitrogen and oxygen atoms in total. The van der Waals surface area contributed by atoms with E-state index in [1.165, 1.54) is 0 Å². The third-order valence-electron chi connectivity index (χ3n) is 4.01. The molecule has 0 aliphatic heterocycles. The average Bonchev–Trinajstić information content (AvgIpc) is 2.84. The van der Waals surface area contributed by atoms with Crippen LogP contribution in [0, 0.1) is 0 Å². The van der Waals surface area contributed by atoms with E-state index in [4.69, 9.17) is 0 Å². The number of hydrogen-bond donors (Lipinski definition) is 2. The van der Waals surface area contributed by atoms with Crippen molar-refractivity contribution in [3.8, 4) is 0 Å². The van der Waals surface area contributed by atoms with Gasteiger partial charge in [0, 0.05) is 19.5 Å². The van der Waals surface area contributed by atoms with Crippen molar-refractivity contribution < 1.29 is 9.90 Å². The Morgan fingerprint density at radius 1 is 1.40 bits per heavy atom. The number of nitrogens with one attached hydrogen (secondary N) is 1. The summed E-state index contributed by atoms with van der Waals surface area (Å²) >= 11 is 0. The molecule has 3 rings (SSSR count). The number of aromatic nitrogens is 2. The highest BCUT2D eigenvalue weighted by Gasteiger charge is 2.34. The molecule has 0 spiro atoms. The second-order valence-electron chi connectivity index (χ2n) is 5.53. The molecule has 2 N–H and O–H groups in total. The van der Waals surface area contributed by atoms with Gasteiger partial charge in [-0.3, -0.25) is 4.79 Å². The minimum atomic E-state index is -0.655. The first-order valence-electron chi connectivity index (χ1n) is 7.05. The molecule has 1 aromatic heterocycles. The molecule has 1 saturated carbocycles. The smallest absolute Gasteiger partial charge is 0.221 e. The van der Waals surface area contributed by atoms with E-state index >= 15 is 0 Å². The van der Waals surface area contributed by atoms with E-state index in [-0.39, 0.29) is 5.91 Å². The first kappa shape index (κ1) is 13.1. The number of fused-ring (bicyclic) bond motifs is 1. The molecule has 1 aliphatic carbocycles. The molecule has 2 aromatic rings. The van der Waals surface area contributed by atoms with Crippen LogP contribution in [0.15, 0.2) is 30.6 Å². The van der Waals surface area contributed by atoms with Crippen LogP contribution in [0.3, 0.4) is 0 Å². The van der Waals surface area contributed by atoms with Crippen LogP contribution in [-0.4, -0.2) is 32.7 Å². The van der Waals surface area contributed by atoms with Crippen molar-refractivity contribution in [2.45, 2.75) is 37.8 Å². The molecule has 1 amide bonds. The van der Waals surface area contributed by atoms with E-state index in [0.29, 0.717) is 19.5 Å². The maximum Gasteiger partial charge on any atom is 0.221 e. The molecule has 1 fully saturated rings. The van der Waals surface area contributed by atoms with Crippen molar-refractivity contribution in [2.24, 2.45) is 0 Å². The monoisotopic (exact) mass is 273 g/mol. The van der Waals surface area contributed by atoms with Gasteiger partial charge < -0.3 is 15.0 Å². The zero-order valence-corrected chi connectivity index (χ0v) is 11.4. The Labute approximate surface area is 117 Å². The largest absolute Gasteiger partial charge is 0.388 e. The summed E-state index contributed by atoms with van der Waals surface area (Å²) in [6, 6.07) is 7.87. The minimum absolute atomic E-state index is 0.0249. The summed E-state index contributed by atoms with van der Waals surface area (Å²) in [7, 11) is 0. The molecule has 0 radical (unpaired) electrons. The molecule has 0 unspecified atom stereocenters. The van der Waals surface area contributed by atoms with E-state index in [0.717, 1.165) is 30.3 Å². The standard InChI is InChI=1S/C15H19N3O2/c19-14(16-10-15(20)7-3-8-15)6-9-18-11-17-12-4-1-2-5-13(12)18/h1-2,4-5,11,20H,3,6-10H2,(H,16,19). The number of rotatable bonds is 5. The maximum absolute atomic E-state index is 11.8. The van der Waals surface area contributed by atoms with Gasteiger partial charge in [0.25, 0.3) is 0 Å². The molecular formula is C15H19N3O2. The average molecular weight is 273 g/mol. The molecule has 0 saturated heterocycles. The van der Waals surface area contributed by atoms with Crippen LogP contribution in [0.1, 0.15) is 25.7 Å². The number of carbonyl (C=O) groups excluding carboxylic acids is 1. The van der Waals surface area contributed by atoms with E-state index in [9.17, 15) is 9.90 Å². The van der Waals surface area contributed by atoms with Crippen LogP contribution in [0.25, 0.3) is 11.0 Å². The number of aliphatic hydroxyl groups is 1. The zero-order chi connectivity index (χ0) is 14.0. The normalized spacial score (nSPS) is 16.9. The first-order valence-corrected chi connectivity index (χ1v) is 7.05. The second kappa shape index (κ2) is 5.25. The van der Waals surface area contributed by atoms with Gasteiger partial charge in [0.05, 0.1) is 23.0 Å². The SMILES string of the molecule is O=C(CCn1cnc2ccccc21)NCC1(O)CCC1. The maximum atomic E-state index is 11.8. The molecule has 106 valence electrons. The third-order valence-corrected chi connectivity index (χ3v) is 4.01. The number of nitrogens with zero attached hydrogens (tertiary/aromatic N) is 2. The number of benzene rings is 1. The summed E-state index contributed by atoms with van der Waals surface area (Å²) in [6.07, 6.45) is 4.79. The van der Waals surface area contributed by atoms with Crippen LogP contribution in [0.4, 0.5) is 0 Å². The Bertz CT molecular complexity index is 616. The number of imidazole rings is 1. The van der Waals surface area contributed by atoms with Gasteiger partial charge in [-0.1, -0.05) is 12.1 Å². The first-order chi connectivity index (χ1) is 9.66. The van der Waals surface area contributed by atoms with Gasteiger partial charge >= 0.3 is 0 Å². The van der Waals surface area contributed by atoms with Gasteiger partial charge in [-0.2, -0.15) is 0 Å². The lowest BCUT2D eigenvalue weighted by molar-refractivity contribution is -0.123. The van der Waals surface area contributed by atoms with Gasteiger partial charge in [0.1, 0.15) is 0 Å². The highest BCUT2D eigenvalue weighted by Crippen LogP contribution is 2.30. The van der Waals surface area contributed by atoms with Crippen molar-refractivity contribution in [3.63, 3.8) is 0 Å². The van der Waals surface area contributed by atoms with E-state index in [2.05, 4.69) is 10.3 Å². The summed E-state index contributed by atoms with van der Waals surface area (Å²) in [4.78, 5) is 16.1. The zero-order valence-electron chi connectivity index (χ0n) is 11.4. The minimum Gasteiger partial charge on any atom is -0.388 e. The number of amides is 1. The van der Waals surface area contributed by atoms with Crippen molar-refractivity contribution in [3.05, 3.63) is 30.6 Å². The van der Waals surface area contributed by atoms with Gasteiger partial charge in [0.15, 0.2) is 0 Å². The second-order valence-corrected chi connectivity index (χ2v) is 5.53. The fourth-order valence-electron chi connectivity index (χ4n) is 2.52. The predicted molar refractivity (Wildman–Crippen MR) is 76.2 cm³/mol. The Morgan fingerprint density at radius 3 is 2.95 bits per heavy atom. The van der Waals surface area contributed by atoms with E-state index in [1.54, 1.807) is 6.33 Å². The van der Waals surface area contributed by atoms with Crippen molar-refractivity contribution in [1.29, 1.82) is 0 Å². The Balaban J connectivity index is 1.52. The summed E-state index contributed by atoms with van der Waals surface area (Å²) in [5.74, 6) is -0.0249. The van der Waals surface area contributed by atoms with Crippen molar-refractivity contribution >= 4 is 16.9 Å². The molecule has 1 heterocycles. The molecule has 20 heavy (non-hydrogen) atoms. The summed E-state index contributed by atoms with van der Waals surface area (Å²) < 4.78 is 1.98. The Kier molecular flexibility index (Phi) is 3.44. The van der Waals surface area contributed by atoms with Crippen LogP contribution in [-0.2, 0) is 11.3 Å². The van der Waals surface area contributed by atoms with Gasteiger partial charge in [-0.25, -0.2) is 4.98 Å². The topological polar surface area (TPSA) is 67.2 Å². The van der Waals surface area contributed by atoms with Gasteiger partial charge in [0.2, 0.25) is 5.91 Å². The number of carbonyl (C=O) groups is 1. The van der Waals surface area contributed by atoms with Crippen LogP contribution < -0.4 is 5.32 Å². The molecule has 0 atom stereocenters. The fourth-order valence-corrected chi connectivity index (χ4v) is 2.52. The van der Waals surface area contributed by atoms with Crippen LogP contribution in [0.2, 0.25) is 0 Å². The Morgan fingerprint density at radius 2 is 2.20 bits per heavy atom.